The smallest absolute Gasteiger partial charge is 0.235 e. The van der Waals surface area contributed by atoms with Gasteiger partial charge >= 0.3 is 0 Å². The fourth-order valence-electron chi connectivity index (χ4n) is 2.04. The van der Waals surface area contributed by atoms with Crippen LogP contribution in [0.5, 0.6) is 11.5 Å². The number of phenols is 2. The molecule has 1 saturated carbocycles. The highest BCUT2D eigenvalue weighted by Gasteiger charge is 2.43. The van der Waals surface area contributed by atoms with Crippen LogP contribution in [0.3, 0.4) is 0 Å². The molecule has 1 fully saturated rings. The second-order valence-corrected chi connectivity index (χ2v) is 4.86. The van der Waals surface area contributed by atoms with Crippen molar-refractivity contribution in [3.05, 3.63) is 21.9 Å². The maximum Gasteiger partial charge on any atom is 0.235 e. The van der Waals surface area contributed by atoms with Crippen molar-refractivity contribution < 1.29 is 19.4 Å². The molecule has 1 aliphatic rings. The van der Waals surface area contributed by atoms with Gasteiger partial charge in [-0.05, 0) is 25.3 Å². The van der Waals surface area contributed by atoms with Crippen LogP contribution in [0.15, 0.2) is 15.5 Å². The Labute approximate surface area is 105 Å². The number of benzene rings is 1. The molecule has 0 bridgehead atoms. The lowest BCUT2D eigenvalue weighted by Gasteiger charge is -2.37. The SMILES string of the molecule is O=C=NC1(c2c(Br)cc(O)c(O)c2F)CCC1. The van der Waals surface area contributed by atoms with Gasteiger partial charge in [-0.15, -0.1) is 0 Å². The lowest BCUT2D eigenvalue weighted by atomic mass is 9.72. The number of hydrogen-bond donors (Lipinski definition) is 2. The predicted octanol–water partition coefficient (Wildman–Crippen LogP) is 2.71. The third-order valence-corrected chi connectivity index (χ3v) is 3.70. The molecule has 0 aliphatic heterocycles. The van der Waals surface area contributed by atoms with Crippen LogP contribution in [0.1, 0.15) is 24.8 Å². The van der Waals surface area contributed by atoms with E-state index in [2.05, 4.69) is 20.9 Å². The number of carbonyl (C=O) groups excluding carboxylic acids is 1. The average Bonchev–Trinajstić information content (AvgIpc) is 2.22. The van der Waals surface area contributed by atoms with Crippen molar-refractivity contribution in [1.29, 1.82) is 0 Å². The summed E-state index contributed by atoms with van der Waals surface area (Å²) in [5, 5.41) is 18.6. The Bertz CT molecular complexity index is 522. The van der Waals surface area contributed by atoms with Gasteiger partial charge in [-0.2, -0.15) is 4.99 Å². The first-order chi connectivity index (χ1) is 8.02. The van der Waals surface area contributed by atoms with Gasteiger partial charge in [-0.3, -0.25) is 0 Å². The van der Waals surface area contributed by atoms with Gasteiger partial charge in [0, 0.05) is 10.0 Å². The van der Waals surface area contributed by atoms with E-state index in [9.17, 15) is 19.4 Å². The van der Waals surface area contributed by atoms with Gasteiger partial charge in [0.15, 0.2) is 17.3 Å². The van der Waals surface area contributed by atoms with E-state index >= 15 is 0 Å². The molecule has 1 aromatic carbocycles. The number of phenolic OH excluding ortho intramolecular Hbond substituents is 2. The minimum Gasteiger partial charge on any atom is -0.504 e. The fourth-order valence-corrected chi connectivity index (χ4v) is 2.80. The summed E-state index contributed by atoms with van der Waals surface area (Å²) < 4.78 is 14.2. The Morgan fingerprint density at radius 2 is 2.12 bits per heavy atom. The molecule has 2 N–H and O–H groups in total. The Kier molecular flexibility index (Phi) is 2.93. The number of aliphatic imine (C=N–C) groups is 1. The molecule has 1 aromatic rings. The summed E-state index contributed by atoms with van der Waals surface area (Å²) in [5.74, 6) is -2.33. The van der Waals surface area contributed by atoms with Crippen molar-refractivity contribution in [1.82, 2.24) is 0 Å². The van der Waals surface area contributed by atoms with Gasteiger partial charge in [0.1, 0.15) is 5.54 Å². The molecule has 17 heavy (non-hydrogen) atoms. The fraction of sp³-hybridized carbons (Fsp3) is 0.364. The van der Waals surface area contributed by atoms with Crippen LogP contribution in [0.2, 0.25) is 0 Å². The molecule has 1 aliphatic carbocycles. The zero-order valence-electron chi connectivity index (χ0n) is 8.70. The zero-order chi connectivity index (χ0) is 12.6. The molecule has 0 unspecified atom stereocenters. The van der Waals surface area contributed by atoms with E-state index in [-0.39, 0.29) is 10.0 Å². The molecule has 90 valence electrons. The first kappa shape index (κ1) is 12.1. The van der Waals surface area contributed by atoms with Crippen molar-refractivity contribution in [2.24, 2.45) is 4.99 Å². The van der Waals surface area contributed by atoms with Gasteiger partial charge in [-0.25, -0.2) is 9.18 Å². The normalized spacial score (nSPS) is 17.1. The number of rotatable bonds is 2. The van der Waals surface area contributed by atoms with Crippen LogP contribution in [-0.2, 0) is 10.3 Å². The topological polar surface area (TPSA) is 69.9 Å². The molecular formula is C11H9BrFNO3. The summed E-state index contributed by atoms with van der Waals surface area (Å²) >= 11 is 3.11. The maximum atomic E-state index is 13.9. The quantitative estimate of drug-likeness (QED) is 0.501. The number of hydrogen-bond acceptors (Lipinski definition) is 4. The molecule has 0 atom stereocenters. The summed E-state index contributed by atoms with van der Waals surface area (Å²) in [7, 11) is 0. The number of nitrogens with zero attached hydrogens (tertiary/aromatic N) is 1. The monoisotopic (exact) mass is 301 g/mol. The van der Waals surface area contributed by atoms with Crippen LogP contribution >= 0.6 is 15.9 Å². The Morgan fingerprint density at radius 1 is 1.47 bits per heavy atom. The van der Waals surface area contributed by atoms with Gasteiger partial charge in [-0.1, -0.05) is 15.9 Å². The van der Waals surface area contributed by atoms with Crippen molar-refractivity contribution in [2.45, 2.75) is 24.8 Å². The van der Waals surface area contributed by atoms with Gasteiger partial charge in [0.05, 0.1) is 0 Å². The Balaban J connectivity index is 2.66. The van der Waals surface area contributed by atoms with E-state index < -0.39 is 22.9 Å². The first-order valence-electron chi connectivity index (χ1n) is 5.01. The summed E-state index contributed by atoms with van der Waals surface area (Å²) in [5.41, 5.74) is -0.863. The van der Waals surface area contributed by atoms with Crippen molar-refractivity contribution in [3.63, 3.8) is 0 Å². The van der Waals surface area contributed by atoms with E-state index in [0.29, 0.717) is 12.8 Å². The van der Waals surface area contributed by atoms with Crippen molar-refractivity contribution >= 4 is 22.0 Å². The predicted molar refractivity (Wildman–Crippen MR) is 61.1 cm³/mol. The van der Waals surface area contributed by atoms with Crippen LogP contribution in [0.4, 0.5) is 4.39 Å². The van der Waals surface area contributed by atoms with E-state index in [1.54, 1.807) is 0 Å². The molecule has 0 radical (unpaired) electrons. The maximum absolute atomic E-state index is 13.9. The highest BCUT2D eigenvalue weighted by atomic mass is 79.9. The average molecular weight is 302 g/mol. The molecule has 0 saturated heterocycles. The van der Waals surface area contributed by atoms with E-state index in [1.165, 1.54) is 12.1 Å². The van der Waals surface area contributed by atoms with E-state index in [4.69, 9.17) is 0 Å². The first-order valence-corrected chi connectivity index (χ1v) is 5.80. The summed E-state index contributed by atoms with van der Waals surface area (Å²) in [6, 6.07) is 1.19. The van der Waals surface area contributed by atoms with Crippen LogP contribution in [0.25, 0.3) is 0 Å². The third-order valence-electron chi connectivity index (χ3n) is 3.08. The van der Waals surface area contributed by atoms with Crippen LogP contribution in [-0.4, -0.2) is 16.3 Å². The largest absolute Gasteiger partial charge is 0.504 e. The molecule has 0 spiro atoms. The van der Waals surface area contributed by atoms with Crippen molar-refractivity contribution in [2.75, 3.05) is 0 Å². The lowest BCUT2D eigenvalue weighted by molar-refractivity contribution is 0.242. The molecule has 0 amide bonds. The molecule has 4 nitrogen and oxygen atoms in total. The number of isocyanates is 1. The Morgan fingerprint density at radius 3 is 2.59 bits per heavy atom. The minimum absolute atomic E-state index is 0.0994. The van der Waals surface area contributed by atoms with Crippen LogP contribution < -0.4 is 0 Å². The number of aromatic hydroxyl groups is 2. The van der Waals surface area contributed by atoms with E-state index in [0.717, 1.165) is 6.42 Å². The lowest BCUT2D eigenvalue weighted by Crippen LogP contribution is -2.33. The molecule has 0 aromatic heterocycles. The molecule has 6 heteroatoms. The zero-order valence-corrected chi connectivity index (χ0v) is 10.3. The van der Waals surface area contributed by atoms with Crippen molar-refractivity contribution in [3.8, 4) is 11.5 Å². The molecular weight excluding hydrogens is 293 g/mol. The summed E-state index contributed by atoms with van der Waals surface area (Å²) in [6.07, 6.45) is 3.29. The standard InChI is InChI=1S/C11H9BrFNO3/c12-6-4-7(16)10(17)9(13)8(6)11(14-5-15)2-1-3-11/h4,16-17H,1-3H2. The molecule has 2 rings (SSSR count). The van der Waals surface area contributed by atoms with Gasteiger partial charge in [0.25, 0.3) is 0 Å². The Hall–Kier alpha value is -1.39. The third kappa shape index (κ3) is 1.73. The second kappa shape index (κ2) is 4.13. The summed E-state index contributed by atoms with van der Waals surface area (Å²) in [4.78, 5) is 14.1. The highest BCUT2D eigenvalue weighted by Crippen LogP contribution is 2.51. The summed E-state index contributed by atoms with van der Waals surface area (Å²) in [6.45, 7) is 0. The number of halogens is 2. The molecule has 0 heterocycles. The highest BCUT2D eigenvalue weighted by molar-refractivity contribution is 9.10. The minimum atomic E-state index is -0.962. The van der Waals surface area contributed by atoms with E-state index in [1.807, 2.05) is 0 Å². The second-order valence-electron chi connectivity index (χ2n) is 4.00. The van der Waals surface area contributed by atoms with Crippen LogP contribution in [0, 0.1) is 5.82 Å². The van der Waals surface area contributed by atoms with Gasteiger partial charge in [0.2, 0.25) is 6.08 Å². The van der Waals surface area contributed by atoms with Gasteiger partial charge < -0.3 is 10.2 Å².